The standard InChI is InChI=1S/C18H18Cl2N4O4S/c1-12(25)22-15-5-7-16(8-6-15)29(27,28)24(2)11-18(26)23-21-10-13-3-4-14(19)9-17(13)20/h3-10H,11H2,1-2H3,(H,22,25)(H,23,26)/b21-10-. The molecule has 29 heavy (non-hydrogen) atoms. The van der Waals surface area contributed by atoms with Crippen molar-refractivity contribution in [3.8, 4) is 0 Å². The van der Waals surface area contributed by atoms with Crippen molar-refractivity contribution in [1.29, 1.82) is 0 Å². The highest BCUT2D eigenvalue weighted by Gasteiger charge is 2.22. The Kier molecular flexibility index (Phi) is 7.74. The summed E-state index contributed by atoms with van der Waals surface area (Å²) in [6.45, 7) is 0.905. The summed E-state index contributed by atoms with van der Waals surface area (Å²) in [7, 11) is -2.62. The number of sulfonamides is 1. The predicted octanol–water partition coefficient (Wildman–Crippen LogP) is 2.72. The number of anilines is 1. The van der Waals surface area contributed by atoms with Crippen LogP contribution in [0, 0.1) is 0 Å². The second-order valence-electron chi connectivity index (χ2n) is 5.93. The highest BCUT2D eigenvalue weighted by molar-refractivity contribution is 7.89. The third-order valence-electron chi connectivity index (χ3n) is 3.60. The zero-order valence-electron chi connectivity index (χ0n) is 15.5. The first-order chi connectivity index (χ1) is 13.6. The largest absolute Gasteiger partial charge is 0.326 e. The van der Waals surface area contributed by atoms with E-state index in [1.807, 2.05) is 0 Å². The monoisotopic (exact) mass is 456 g/mol. The lowest BCUT2D eigenvalue weighted by Gasteiger charge is -2.16. The molecule has 0 bridgehead atoms. The number of nitrogens with zero attached hydrogens (tertiary/aromatic N) is 2. The van der Waals surface area contributed by atoms with Gasteiger partial charge in [-0.2, -0.15) is 9.41 Å². The van der Waals surface area contributed by atoms with Gasteiger partial charge >= 0.3 is 0 Å². The second kappa shape index (κ2) is 9.84. The zero-order chi connectivity index (χ0) is 21.6. The fraction of sp³-hybridized carbons (Fsp3) is 0.167. The lowest BCUT2D eigenvalue weighted by molar-refractivity contribution is -0.121. The molecule has 2 aromatic carbocycles. The molecule has 0 unspecified atom stereocenters. The minimum atomic E-state index is -3.90. The zero-order valence-corrected chi connectivity index (χ0v) is 17.8. The van der Waals surface area contributed by atoms with E-state index in [1.165, 1.54) is 50.5 Å². The molecule has 0 heterocycles. The average molecular weight is 457 g/mol. The third kappa shape index (κ3) is 6.53. The highest BCUT2D eigenvalue weighted by atomic mass is 35.5. The molecule has 0 fully saturated rings. The molecule has 0 radical (unpaired) electrons. The molecule has 0 saturated carbocycles. The lowest BCUT2D eigenvalue weighted by atomic mass is 10.2. The van der Waals surface area contributed by atoms with Crippen LogP contribution < -0.4 is 10.7 Å². The number of likely N-dealkylation sites (N-methyl/N-ethyl adjacent to an activating group) is 1. The van der Waals surface area contributed by atoms with E-state index in [9.17, 15) is 18.0 Å². The van der Waals surface area contributed by atoms with Gasteiger partial charge in [-0.05, 0) is 36.4 Å². The van der Waals surface area contributed by atoms with Crippen LogP contribution in [0.3, 0.4) is 0 Å². The Bertz CT molecular complexity index is 1040. The number of amides is 2. The van der Waals surface area contributed by atoms with Gasteiger partial charge in [-0.3, -0.25) is 9.59 Å². The Balaban J connectivity index is 1.98. The second-order valence-corrected chi connectivity index (χ2v) is 8.81. The van der Waals surface area contributed by atoms with Crippen LogP contribution in [-0.2, 0) is 19.6 Å². The smallest absolute Gasteiger partial charge is 0.255 e. The van der Waals surface area contributed by atoms with Crippen LogP contribution in [0.1, 0.15) is 12.5 Å². The van der Waals surface area contributed by atoms with E-state index in [1.54, 1.807) is 12.1 Å². The van der Waals surface area contributed by atoms with E-state index in [2.05, 4.69) is 15.8 Å². The van der Waals surface area contributed by atoms with Gasteiger partial charge in [0.2, 0.25) is 15.9 Å². The van der Waals surface area contributed by atoms with Gasteiger partial charge in [-0.15, -0.1) is 0 Å². The number of carbonyl (C=O) groups is 2. The summed E-state index contributed by atoms with van der Waals surface area (Å²) in [4.78, 5) is 23.0. The minimum Gasteiger partial charge on any atom is -0.326 e. The van der Waals surface area contributed by atoms with Crippen molar-refractivity contribution < 1.29 is 18.0 Å². The van der Waals surface area contributed by atoms with E-state index in [4.69, 9.17) is 23.2 Å². The molecule has 0 saturated heterocycles. The molecule has 2 aromatic rings. The van der Waals surface area contributed by atoms with E-state index in [-0.39, 0.29) is 10.8 Å². The molecule has 154 valence electrons. The van der Waals surface area contributed by atoms with Gasteiger partial charge in [0, 0.05) is 30.2 Å². The van der Waals surface area contributed by atoms with Crippen LogP contribution in [0.25, 0.3) is 0 Å². The third-order valence-corrected chi connectivity index (χ3v) is 5.98. The van der Waals surface area contributed by atoms with Crippen molar-refractivity contribution >= 4 is 56.9 Å². The van der Waals surface area contributed by atoms with Gasteiger partial charge in [0.25, 0.3) is 5.91 Å². The van der Waals surface area contributed by atoms with Crippen molar-refractivity contribution in [1.82, 2.24) is 9.73 Å². The minimum absolute atomic E-state index is 0.0154. The summed E-state index contributed by atoms with van der Waals surface area (Å²) in [5.41, 5.74) is 3.25. The molecule has 0 aliphatic heterocycles. The molecular formula is C18H18Cl2N4O4S. The van der Waals surface area contributed by atoms with E-state index in [0.717, 1.165) is 4.31 Å². The molecule has 2 amide bonds. The van der Waals surface area contributed by atoms with Gasteiger partial charge in [-0.1, -0.05) is 29.3 Å². The topological polar surface area (TPSA) is 108 Å². The summed E-state index contributed by atoms with van der Waals surface area (Å²) in [5, 5.41) is 7.13. The van der Waals surface area contributed by atoms with Crippen molar-refractivity contribution in [2.75, 3.05) is 18.9 Å². The van der Waals surface area contributed by atoms with Crippen LogP contribution in [-0.4, -0.2) is 44.3 Å². The van der Waals surface area contributed by atoms with Crippen molar-refractivity contribution in [3.05, 3.63) is 58.1 Å². The number of hydrazone groups is 1. The van der Waals surface area contributed by atoms with Crippen molar-refractivity contribution in [2.24, 2.45) is 5.10 Å². The molecular weight excluding hydrogens is 439 g/mol. The molecule has 0 aliphatic carbocycles. The normalized spacial score (nSPS) is 11.6. The summed E-state index contributed by atoms with van der Waals surface area (Å²) < 4.78 is 26.0. The molecule has 8 nitrogen and oxygen atoms in total. The van der Waals surface area contributed by atoms with Crippen LogP contribution in [0.4, 0.5) is 5.69 Å². The SMILES string of the molecule is CC(=O)Nc1ccc(S(=O)(=O)N(C)CC(=O)N/N=C\c2ccc(Cl)cc2Cl)cc1. The fourth-order valence-corrected chi connectivity index (χ4v) is 3.78. The lowest BCUT2D eigenvalue weighted by Crippen LogP contribution is -2.36. The number of halogens is 2. The summed E-state index contributed by atoms with van der Waals surface area (Å²) in [6, 6.07) is 10.4. The van der Waals surface area contributed by atoms with E-state index < -0.39 is 22.5 Å². The van der Waals surface area contributed by atoms with E-state index >= 15 is 0 Å². The molecule has 11 heteroatoms. The summed E-state index contributed by atoms with van der Waals surface area (Å²) in [5.74, 6) is -0.901. The Labute approximate surface area is 178 Å². The van der Waals surface area contributed by atoms with Crippen LogP contribution in [0.15, 0.2) is 52.5 Å². The average Bonchev–Trinajstić information content (AvgIpc) is 2.63. The first-order valence-electron chi connectivity index (χ1n) is 8.20. The number of hydrogen-bond acceptors (Lipinski definition) is 5. The van der Waals surface area contributed by atoms with Crippen molar-refractivity contribution in [3.63, 3.8) is 0 Å². The molecule has 0 aliphatic rings. The Morgan fingerprint density at radius 2 is 1.79 bits per heavy atom. The molecule has 2 rings (SSSR count). The Hall–Kier alpha value is -2.46. The number of nitrogens with one attached hydrogen (secondary N) is 2. The number of benzene rings is 2. The first-order valence-corrected chi connectivity index (χ1v) is 10.4. The maximum absolute atomic E-state index is 12.6. The van der Waals surface area contributed by atoms with Gasteiger partial charge in [-0.25, -0.2) is 13.8 Å². The fourth-order valence-electron chi connectivity index (χ4n) is 2.20. The van der Waals surface area contributed by atoms with Crippen LogP contribution >= 0.6 is 23.2 Å². The van der Waals surface area contributed by atoms with Gasteiger partial charge < -0.3 is 5.32 Å². The van der Waals surface area contributed by atoms with Gasteiger partial charge in [0.15, 0.2) is 0 Å². The van der Waals surface area contributed by atoms with Crippen LogP contribution in [0.2, 0.25) is 10.0 Å². The molecule has 2 N–H and O–H groups in total. The number of rotatable bonds is 7. The van der Waals surface area contributed by atoms with Crippen molar-refractivity contribution in [2.45, 2.75) is 11.8 Å². The number of carbonyl (C=O) groups excluding carboxylic acids is 2. The first kappa shape index (κ1) is 22.8. The van der Waals surface area contributed by atoms with E-state index in [0.29, 0.717) is 21.3 Å². The summed E-state index contributed by atoms with van der Waals surface area (Å²) in [6.07, 6.45) is 1.33. The van der Waals surface area contributed by atoms with Crippen LogP contribution in [0.5, 0.6) is 0 Å². The maximum Gasteiger partial charge on any atom is 0.255 e. The molecule has 0 spiro atoms. The molecule has 0 atom stereocenters. The number of hydrogen-bond donors (Lipinski definition) is 2. The predicted molar refractivity (Wildman–Crippen MR) is 113 cm³/mol. The quantitative estimate of drug-likeness (QED) is 0.492. The molecule has 0 aromatic heterocycles. The van der Waals surface area contributed by atoms with Gasteiger partial charge in [0.05, 0.1) is 22.7 Å². The van der Waals surface area contributed by atoms with Gasteiger partial charge in [0.1, 0.15) is 0 Å². The highest BCUT2D eigenvalue weighted by Crippen LogP contribution is 2.19. The maximum atomic E-state index is 12.6. The Morgan fingerprint density at radius 1 is 1.14 bits per heavy atom. The Morgan fingerprint density at radius 3 is 2.38 bits per heavy atom. The summed E-state index contributed by atoms with van der Waals surface area (Å²) >= 11 is 11.8.